The molecule has 168 valence electrons. The van der Waals surface area contributed by atoms with Crippen LogP contribution < -0.4 is 14.2 Å². The Morgan fingerprint density at radius 2 is 1.81 bits per heavy atom. The minimum absolute atomic E-state index is 0.0487. The fraction of sp³-hybridized carbons (Fsp3) is 0.348. The summed E-state index contributed by atoms with van der Waals surface area (Å²) in [5.74, 6) is 2.06. The van der Waals surface area contributed by atoms with Crippen molar-refractivity contribution in [1.82, 2.24) is 15.0 Å². The van der Waals surface area contributed by atoms with Gasteiger partial charge in [0.1, 0.15) is 0 Å². The number of hydrogen-bond acceptors (Lipinski definition) is 7. The molecular weight excluding hydrogens is 434 g/mol. The van der Waals surface area contributed by atoms with Crippen molar-refractivity contribution in [2.45, 2.75) is 18.8 Å². The molecule has 1 saturated heterocycles. The number of benzene rings is 2. The van der Waals surface area contributed by atoms with Gasteiger partial charge in [-0.2, -0.15) is 4.98 Å². The molecule has 0 aliphatic carbocycles. The molecule has 32 heavy (non-hydrogen) atoms. The Labute approximate surface area is 191 Å². The van der Waals surface area contributed by atoms with Gasteiger partial charge < -0.3 is 23.6 Å². The Balaban J connectivity index is 1.55. The summed E-state index contributed by atoms with van der Waals surface area (Å²) in [6.07, 6.45) is 1.68. The molecule has 2 aromatic carbocycles. The zero-order valence-corrected chi connectivity index (χ0v) is 18.9. The molecule has 0 radical (unpaired) electrons. The average Bonchev–Trinajstić information content (AvgIpc) is 3.33. The van der Waals surface area contributed by atoms with Crippen molar-refractivity contribution >= 4 is 17.5 Å². The lowest BCUT2D eigenvalue weighted by Crippen LogP contribution is -2.39. The van der Waals surface area contributed by atoms with Crippen molar-refractivity contribution in [2.75, 3.05) is 34.4 Å². The van der Waals surface area contributed by atoms with Crippen LogP contribution in [0.5, 0.6) is 17.2 Å². The van der Waals surface area contributed by atoms with Crippen molar-refractivity contribution < 1.29 is 23.5 Å². The van der Waals surface area contributed by atoms with Gasteiger partial charge in [0, 0.05) is 23.7 Å². The Kier molecular flexibility index (Phi) is 6.50. The number of piperidine rings is 1. The van der Waals surface area contributed by atoms with Gasteiger partial charge in [-0.05, 0) is 49.2 Å². The lowest BCUT2D eigenvalue weighted by molar-refractivity contribution is 0.0691. The van der Waals surface area contributed by atoms with Crippen molar-refractivity contribution in [3.63, 3.8) is 0 Å². The third-order valence-corrected chi connectivity index (χ3v) is 5.79. The summed E-state index contributed by atoms with van der Waals surface area (Å²) < 4.78 is 21.8. The predicted molar refractivity (Wildman–Crippen MR) is 119 cm³/mol. The van der Waals surface area contributed by atoms with Crippen LogP contribution in [0.15, 0.2) is 40.9 Å². The molecule has 2 heterocycles. The first kappa shape index (κ1) is 22.0. The van der Waals surface area contributed by atoms with E-state index in [4.69, 9.17) is 30.3 Å². The van der Waals surface area contributed by atoms with Crippen LogP contribution in [0.2, 0.25) is 5.02 Å². The number of nitrogens with zero attached hydrogens (tertiary/aromatic N) is 3. The van der Waals surface area contributed by atoms with Crippen molar-refractivity contribution in [1.29, 1.82) is 0 Å². The van der Waals surface area contributed by atoms with Crippen molar-refractivity contribution in [3.05, 3.63) is 52.9 Å². The summed E-state index contributed by atoms with van der Waals surface area (Å²) in [4.78, 5) is 19.7. The van der Waals surface area contributed by atoms with E-state index < -0.39 is 0 Å². The van der Waals surface area contributed by atoms with E-state index in [0.717, 1.165) is 18.4 Å². The van der Waals surface area contributed by atoms with Gasteiger partial charge in [-0.3, -0.25) is 4.79 Å². The van der Waals surface area contributed by atoms with Crippen LogP contribution in [0.3, 0.4) is 0 Å². The molecule has 1 aliphatic heterocycles. The highest BCUT2D eigenvalue weighted by Crippen LogP contribution is 2.40. The number of carbonyl (C=O) groups is 1. The lowest BCUT2D eigenvalue weighted by atomic mass is 9.97. The summed E-state index contributed by atoms with van der Waals surface area (Å²) in [5.41, 5.74) is 1.24. The Morgan fingerprint density at radius 3 is 2.50 bits per heavy atom. The van der Waals surface area contributed by atoms with Crippen LogP contribution in [0.1, 0.15) is 35.0 Å². The van der Waals surface area contributed by atoms with Gasteiger partial charge in [0.05, 0.1) is 32.8 Å². The minimum atomic E-state index is -0.148. The second-order valence-corrected chi connectivity index (χ2v) is 7.87. The number of carbonyl (C=O) groups excluding carboxylic acids is 1. The number of aromatic nitrogens is 2. The summed E-state index contributed by atoms with van der Waals surface area (Å²) in [6.45, 7) is 1.10. The van der Waals surface area contributed by atoms with Gasteiger partial charge in [0.15, 0.2) is 11.5 Å². The number of rotatable bonds is 6. The van der Waals surface area contributed by atoms with E-state index in [9.17, 15) is 4.79 Å². The van der Waals surface area contributed by atoms with Crippen molar-refractivity contribution in [2.24, 2.45) is 0 Å². The van der Waals surface area contributed by atoms with E-state index in [1.54, 1.807) is 29.2 Å². The normalized spacial score (nSPS) is 16.0. The molecule has 8 nitrogen and oxygen atoms in total. The van der Waals surface area contributed by atoms with Crippen LogP contribution in [-0.4, -0.2) is 55.4 Å². The zero-order chi connectivity index (χ0) is 22.7. The van der Waals surface area contributed by atoms with E-state index in [-0.39, 0.29) is 11.8 Å². The molecule has 1 aromatic heterocycles. The zero-order valence-electron chi connectivity index (χ0n) is 18.1. The van der Waals surface area contributed by atoms with Crippen LogP contribution >= 0.6 is 11.6 Å². The summed E-state index contributed by atoms with van der Waals surface area (Å²) in [6, 6.07) is 10.6. The molecule has 9 heteroatoms. The molecule has 1 unspecified atom stereocenters. The molecule has 1 amide bonds. The topological polar surface area (TPSA) is 86.9 Å². The molecule has 1 aliphatic rings. The quantitative estimate of drug-likeness (QED) is 0.540. The maximum atomic E-state index is 13.4. The molecule has 3 aromatic rings. The number of ether oxygens (including phenoxy) is 3. The number of amides is 1. The number of methoxy groups -OCH3 is 3. The number of hydrogen-bond donors (Lipinski definition) is 0. The SMILES string of the molecule is COc1ccc(C(=O)N2CCCC(c3nc(-c4ccc(Cl)cc4)no3)C2)c(OC)c1OC. The first-order chi connectivity index (χ1) is 15.5. The van der Waals surface area contributed by atoms with Crippen LogP contribution in [0.25, 0.3) is 11.4 Å². The molecule has 0 bridgehead atoms. The first-order valence-electron chi connectivity index (χ1n) is 10.2. The highest BCUT2D eigenvalue weighted by molar-refractivity contribution is 6.30. The third kappa shape index (κ3) is 4.23. The summed E-state index contributed by atoms with van der Waals surface area (Å²) in [5, 5.41) is 4.75. The molecule has 1 fully saturated rings. The average molecular weight is 458 g/mol. The Bertz CT molecular complexity index is 1100. The van der Waals surface area contributed by atoms with Crippen LogP contribution in [0, 0.1) is 0 Å². The van der Waals surface area contributed by atoms with E-state index in [2.05, 4.69) is 10.1 Å². The third-order valence-electron chi connectivity index (χ3n) is 5.54. The Hall–Kier alpha value is -3.26. The van der Waals surface area contributed by atoms with Crippen LogP contribution in [-0.2, 0) is 0 Å². The van der Waals surface area contributed by atoms with Crippen molar-refractivity contribution in [3.8, 4) is 28.6 Å². The van der Waals surface area contributed by atoms with E-state index in [0.29, 0.717) is 52.6 Å². The molecule has 0 saturated carbocycles. The monoisotopic (exact) mass is 457 g/mol. The lowest BCUT2D eigenvalue weighted by Gasteiger charge is -2.31. The largest absolute Gasteiger partial charge is 0.493 e. The van der Waals surface area contributed by atoms with Gasteiger partial charge in [-0.15, -0.1) is 0 Å². The van der Waals surface area contributed by atoms with Gasteiger partial charge in [0.25, 0.3) is 5.91 Å². The predicted octanol–water partition coefficient (Wildman–Crippen LogP) is 4.44. The fourth-order valence-corrected chi connectivity index (χ4v) is 4.05. The van der Waals surface area contributed by atoms with E-state index >= 15 is 0 Å². The smallest absolute Gasteiger partial charge is 0.257 e. The molecular formula is C23H24ClN3O5. The highest BCUT2D eigenvalue weighted by Gasteiger charge is 2.31. The standard InChI is InChI=1S/C23H24ClN3O5/c1-29-18-11-10-17(19(30-2)20(18)31-3)23(28)27-12-4-5-15(13-27)22-25-21(26-32-22)14-6-8-16(24)9-7-14/h6-11,15H,4-5,12-13H2,1-3H3. The second-order valence-electron chi connectivity index (χ2n) is 7.44. The van der Waals surface area contributed by atoms with Crippen LogP contribution in [0.4, 0.5) is 0 Å². The number of likely N-dealkylation sites (tertiary alicyclic amines) is 1. The molecule has 0 N–H and O–H groups in total. The first-order valence-corrected chi connectivity index (χ1v) is 10.6. The summed E-state index contributed by atoms with van der Waals surface area (Å²) in [7, 11) is 4.56. The van der Waals surface area contributed by atoms with Gasteiger partial charge in [-0.1, -0.05) is 16.8 Å². The van der Waals surface area contributed by atoms with Gasteiger partial charge in [-0.25, -0.2) is 0 Å². The maximum absolute atomic E-state index is 13.4. The fourth-order valence-electron chi connectivity index (χ4n) is 3.92. The molecule has 4 rings (SSSR count). The van der Waals surface area contributed by atoms with Gasteiger partial charge in [0.2, 0.25) is 17.5 Å². The van der Waals surface area contributed by atoms with E-state index in [1.807, 2.05) is 12.1 Å². The second kappa shape index (κ2) is 9.48. The molecule has 1 atom stereocenters. The van der Waals surface area contributed by atoms with E-state index in [1.165, 1.54) is 21.3 Å². The summed E-state index contributed by atoms with van der Waals surface area (Å²) >= 11 is 5.95. The molecule has 0 spiro atoms. The Morgan fingerprint density at radius 1 is 1.06 bits per heavy atom. The number of halogens is 1. The van der Waals surface area contributed by atoms with Gasteiger partial charge >= 0.3 is 0 Å². The minimum Gasteiger partial charge on any atom is -0.493 e. The maximum Gasteiger partial charge on any atom is 0.257 e. The highest BCUT2D eigenvalue weighted by atomic mass is 35.5.